The van der Waals surface area contributed by atoms with Crippen LogP contribution in [0.25, 0.3) is 121 Å². The largest absolute Gasteiger partial charge is 0.208 e. The van der Waals surface area contributed by atoms with E-state index in [2.05, 4.69) is 249 Å². The molecule has 11 aromatic carbocycles. The summed E-state index contributed by atoms with van der Waals surface area (Å²) in [6, 6.07) is 90.4. The zero-order valence-electron chi connectivity index (χ0n) is 38.9. The van der Waals surface area contributed by atoms with Crippen molar-refractivity contribution in [1.29, 1.82) is 0 Å². The van der Waals surface area contributed by atoms with Gasteiger partial charge in [0.2, 0.25) is 0 Å². The summed E-state index contributed by atoms with van der Waals surface area (Å²) in [5.41, 5.74) is 19.6. The molecule has 0 fully saturated rings. The number of fused-ring (bicyclic) bond motifs is 14. The van der Waals surface area contributed by atoms with Crippen LogP contribution in [0.2, 0.25) is 0 Å². The number of rotatable bonds is 6. The third kappa shape index (κ3) is 6.13. The van der Waals surface area contributed by atoms with Crippen molar-refractivity contribution in [3.63, 3.8) is 0 Å². The van der Waals surface area contributed by atoms with Crippen LogP contribution >= 0.6 is 11.3 Å². The second-order valence-corrected chi connectivity index (χ2v) is 20.0. The minimum Gasteiger partial charge on any atom is -0.208 e. The number of nitrogens with zero attached hydrogens (tertiary/aromatic N) is 3. The lowest BCUT2D eigenvalue weighted by atomic mass is 9.70. The molecule has 0 aliphatic heterocycles. The highest BCUT2D eigenvalue weighted by atomic mass is 32.1. The van der Waals surface area contributed by atoms with Crippen molar-refractivity contribution in [3.8, 4) is 89.8 Å². The molecular weight excluding hydrogens is 891 g/mol. The van der Waals surface area contributed by atoms with Gasteiger partial charge in [-0.3, -0.25) is 0 Å². The van der Waals surface area contributed by atoms with Gasteiger partial charge in [-0.1, -0.05) is 237 Å². The zero-order valence-corrected chi connectivity index (χ0v) is 39.7. The molecule has 2 aliphatic carbocycles. The summed E-state index contributed by atoms with van der Waals surface area (Å²) < 4.78 is 2.64. The van der Waals surface area contributed by atoms with Gasteiger partial charge in [-0.05, 0) is 101 Å². The van der Waals surface area contributed by atoms with E-state index in [1.165, 1.54) is 92.1 Å². The molecule has 0 bridgehead atoms. The lowest BCUT2D eigenvalue weighted by Crippen LogP contribution is -2.25. The molecule has 2 aliphatic rings. The van der Waals surface area contributed by atoms with Crippen molar-refractivity contribution in [3.05, 3.63) is 271 Å². The molecule has 2 heterocycles. The molecule has 1 spiro atoms. The van der Waals surface area contributed by atoms with Gasteiger partial charge in [-0.15, -0.1) is 11.3 Å². The number of benzene rings is 11. The van der Waals surface area contributed by atoms with Gasteiger partial charge in [0.15, 0.2) is 17.5 Å². The van der Waals surface area contributed by atoms with Crippen LogP contribution in [0.1, 0.15) is 22.3 Å². The first kappa shape index (κ1) is 40.8. The molecule has 2 aromatic heterocycles. The highest BCUT2D eigenvalue weighted by molar-refractivity contribution is 7.26. The fourth-order valence-corrected chi connectivity index (χ4v) is 13.1. The molecule has 4 heteroatoms. The fourth-order valence-electron chi connectivity index (χ4n) is 11.9. The molecular formula is C68H41N3S. The van der Waals surface area contributed by atoms with Crippen molar-refractivity contribution < 1.29 is 0 Å². The molecule has 0 unspecified atom stereocenters. The van der Waals surface area contributed by atoms with Crippen LogP contribution in [-0.4, -0.2) is 15.0 Å². The fraction of sp³-hybridized carbons (Fsp3) is 0.0147. The first-order valence-electron chi connectivity index (χ1n) is 24.6. The van der Waals surface area contributed by atoms with E-state index in [-0.39, 0.29) is 0 Å². The summed E-state index contributed by atoms with van der Waals surface area (Å²) >= 11 is 1.87. The van der Waals surface area contributed by atoms with E-state index in [1.807, 2.05) is 11.3 Å². The quantitative estimate of drug-likeness (QED) is 0.167. The Morgan fingerprint density at radius 1 is 0.264 bits per heavy atom. The third-order valence-electron chi connectivity index (χ3n) is 15.2. The molecule has 0 N–H and O–H groups in total. The van der Waals surface area contributed by atoms with E-state index in [1.54, 1.807) is 0 Å². The molecule has 0 radical (unpaired) electrons. The van der Waals surface area contributed by atoms with Gasteiger partial charge in [0, 0.05) is 36.9 Å². The average Bonchev–Trinajstić information content (AvgIpc) is 4.10. The number of hydrogen-bond donors (Lipinski definition) is 0. The Balaban J connectivity index is 0.843. The summed E-state index contributed by atoms with van der Waals surface area (Å²) in [7, 11) is 0. The van der Waals surface area contributed by atoms with Crippen LogP contribution in [0.4, 0.5) is 0 Å². The molecule has 72 heavy (non-hydrogen) atoms. The van der Waals surface area contributed by atoms with Crippen molar-refractivity contribution in [2.45, 2.75) is 5.41 Å². The standard InChI is InChI=1S/C68H41N3S/c1-2-15-50-44(13-1)14-11-20-51(50)45-33-37-48(38-34-45)66-69-65(47-35-29-43(30-36-47)42-27-31-46(32-28-42)52-21-12-22-58-57-19-6-10-26-63(57)72-64(52)58)70-67(71-66)49-39-40-56-55-18-5-9-25-61(55)68(62(56)41-49)59-23-7-3-16-53(59)54-17-4-8-24-60(54)68/h1-41H. The first-order valence-corrected chi connectivity index (χ1v) is 25.4. The number of hydrogen-bond acceptors (Lipinski definition) is 4. The van der Waals surface area contributed by atoms with Gasteiger partial charge in [-0.25, -0.2) is 15.0 Å². The maximum Gasteiger partial charge on any atom is 0.164 e. The Kier molecular flexibility index (Phi) is 9.04. The Labute approximate surface area is 421 Å². The van der Waals surface area contributed by atoms with Crippen molar-refractivity contribution in [2.24, 2.45) is 0 Å². The van der Waals surface area contributed by atoms with E-state index >= 15 is 0 Å². The summed E-state index contributed by atoms with van der Waals surface area (Å²) in [6.07, 6.45) is 0. The minimum atomic E-state index is -0.481. The first-order chi connectivity index (χ1) is 35.7. The van der Waals surface area contributed by atoms with Gasteiger partial charge in [-0.2, -0.15) is 0 Å². The maximum atomic E-state index is 5.34. The van der Waals surface area contributed by atoms with Gasteiger partial charge in [0.05, 0.1) is 5.41 Å². The monoisotopic (exact) mass is 931 g/mol. The molecule has 334 valence electrons. The second-order valence-electron chi connectivity index (χ2n) is 19.0. The predicted molar refractivity (Wildman–Crippen MR) is 299 cm³/mol. The predicted octanol–water partition coefficient (Wildman–Crippen LogP) is 17.7. The summed E-state index contributed by atoms with van der Waals surface area (Å²) in [5.74, 6) is 1.89. The molecule has 0 saturated carbocycles. The Morgan fingerprint density at radius 3 is 1.29 bits per heavy atom. The SMILES string of the molecule is c1ccc2c(c1)-c1ccccc1C21c2ccccc2-c2ccc(-c3nc(-c4ccc(-c5ccc(-c6cccc7c6sc6ccccc67)cc5)cc4)nc(-c4ccc(-c5cccc6ccccc56)cc4)n3)cc21. The molecule has 3 nitrogen and oxygen atoms in total. The van der Waals surface area contributed by atoms with Gasteiger partial charge in [0.25, 0.3) is 0 Å². The van der Waals surface area contributed by atoms with E-state index in [9.17, 15) is 0 Å². The molecule has 13 aromatic rings. The van der Waals surface area contributed by atoms with Gasteiger partial charge < -0.3 is 0 Å². The molecule has 0 atom stereocenters. The summed E-state index contributed by atoms with van der Waals surface area (Å²) in [4.78, 5) is 15.9. The van der Waals surface area contributed by atoms with Crippen LogP contribution in [-0.2, 0) is 5.41 Å². The highest BCUT2D eigenvalue weighted by Crippen LogP contribution is 2.63. The van der Waals surface area contributed by atoms with Crippen molar-refractivity contribution in [2.75, 3.05) is 0 Å². The maximum absolute atomic E-state index is 5.34. The van der Waals surface area contributed by atoms with Crippen LogP contribution in [0.15, 0.2) is 249 Å². The van der Waals surface area contributed by atoms with Crippen LogP contribution < -0.4 is 0 Å². The zero-order chi connectivity index (χ0) is 47.3. The van der Waals surface area contributed by atoms with Crippen LogP contribution in [0.5, 0.6) is 0 Å². The lowest BCUT2D eigenvalue weighted by molar-refractivity contribution is 0.794. The number of thiophene rings is 1. The van der Waals surface area contributed by atoms with Gasteiger partial charge >= 0.3 is 0 Å². The topological polar surface area (TPSA) is 38.7 Å². The molecule has 15 rings (SSSR count). The Bertz CT molecular complexity index is 4250. The van der Waals surface area contributed by atoms with Crippen LogP contribution in [0.3, 0.4) is 0 Å². The Hall–Kier alpha value is -9.09. The van der Waals surface area contributed by atoms with E-state index in [4.69, 9.17) is 15.0 Å². The van der Waals surface area contributed by atoms with E-state index in [0.717, 1.165) is 33.4 Å². The van der Waals surface area contributed by atoms with Crippen LogP contribution in [0, 0.1) is 0 Å². The van der Waals surface area contributed by atoms with E-state index in [0.29, 0.717) is 17.5 Å². The normalized spacial score (nSPS) is 12.8. The van der Waals surface area contributed by atoms with Crippen molar-refractivity contribution >= 4 is 42.3 Å². The van der Waals surface area contributed by atoms with E-state index < -0.39 is 5.41 Å². The summed E-state index contributed by atoms with van der Waals surface area (Å²) in [6.45, 7) is 0. The second kappa shape index (κ2) is 16.0. The molecule has 0 saturated heterocycles. The smallest absolute Gasteiger partial charge is 0.164 e. The van der Waals surface area contributed by atoms with Crippen molar-refractivity contribution in [1.82, 2.24) is 15.0 Å². The third-order valence-corrected chi connectivity index (χ3v) is 16.4. The number of aromatic nitrogens is 3. The Morgan fingerprint density at radius 2 is 0.667 bits per heavy atom. The average molecular weight is 932 g/mol. The molecule has 0 amide bonds. The van der Waals surface area contributed by atoms with Gasteiger partial charge in [0.1, 0.15) is 0 Å². The minimum absolute atomic E-state index is 0.481. The lowest BCUT2D eigenvalue weighted by Gasteiger charge is -2.30. The summed E-state index contributed by atoms with van der Waals surface area (Å²) in [5, 5.41) is 5.08. The highest BCUT2D eigenvalue weighted by Gasteiger charge is 2.51.